The quantitative estimate of drug-likeness (QED) is 0.874. The van der Waals surface area contributed by atoms with Gasteiger partial charge >= 0.3 is 0 Å². The van der Waals surface area contributed by atoms with Crippen LogP contribution in [0.3, 0.4) is 0 Å². The van der Waals surface area contributed by atoms with Gasteiger partial charge in [0.25, 0.3) is 0 Å². The first kappa shape index (κ1) is 16.7. The van der Waals surface area contributed by atoms with E-state index in [0.29, 0.717) is 18.9 Å². The Kier molecular flexibility index (Phi) is 6.19. The smallest absolute Gasteiger partial charge is 0.220 e. The molecule has 0 spiro atoms. The summed E-state index contributed by atoms with van der Waals surface area (Å²) in [6, 6.07) is 6.67. The van der Waals surface area contributed by atoms with E-state index < -0.39 is 0 Å². The lowest BCUT2D eigenvalue weighted by Crippen LogP contribution is -2.48. The minimum Gasteiger partial charge on any atom is -0.369 e. The van der Waals surface area contributed by atoms with Gasteiger partial charge in [0.05, 0.1) is 0 Å². The van der Waals surface area contributed by atoms with Crippen molar-refractivity contribution in [3.63, 3.8) is 0 Å². The molecule has 1 aliphatic rings. The Bertz CT molecular complexity index is 467. The van der Waals surface area contributed by atoms with Crippen LogP contribution in [0.15, 0.2) is 24.3 Å². The zero-order valence-corrected chi connectivity index (χ0v) is 13.5. The predicted octanol–water partition coefficient (Wildman–Crippen LogP) is 2.11. The van der Waals surface area contributed by atoms with E-state index >= 15 is 0 Å². The number of nitrogens with zero attached hydrogens (tertiary/aromatic N) is 2. The Hall–Kier alpha value is -1.62. The molecule has 1 heterocycles. The second kappa shape index (κ2) is 8.13. The highest BCUT2D eigenvalue weighted by Gasteiger charge is 2.17. The standard InChI is InChI=1S/C17H26FN3O/c1-14(2)13-17(22)19-7-8-20-9-11-21(12-10-20)16-5-3-15(18)4-6-16/h3-6,14H,7-13H2,1-2H3,(H,19,22). The van der Waals surface area contributed by atoms with Crippen molar-refractivity contribution in [1.29, 1.82) is 0 Å². The third-order valence-corrected chi connectivity index (χ3v) is 3.91. The molecular weight excluding hydrogens is 281 g/mol. The molecule has 1 aliphatic heterocycles. The van der Waals surface area contributed by atoms with Crippen molar-refractivity contribution in [3.05, 3.63) is 30.1 Å². The van der Waals surface area contributed by atoms with Crippen molar-refractivity contribution in [1.82, 2.24) is 10.2 Å². The van der Waals surface area contributed by atoms with Crippen LogP contribution in [0, 0.1) is 11.7 Å². The van der Waals surface area contributed by atoms with Crippen molar-refractivity contribution in [2.45, 2.75) is 20.3 Å². The molecule has 1 saturated heterocycles. The molecule has 122 valence electrons. The van der Waals surface area contributed by atoms with Crippen LogP contribution < -0.4 is 10.2 Å². The number of hydrogen-bond acceptors (Lipinski definition) is 3. The van der Waals surface area contributed by atoms with Crippen LogP contribution >= 0.6 is 0 Å². The second-order valence-electron chi connectivity index (χ2n) is 6.25. The molecule has 0 bridgehead atoms. The van der Waals surface area contributed by atoms with Gasteiger partial charge in [-0.3, -0.25) is 9.69 Å². The minimum absolute atomic E-state index is 0.139. The number of amides is 1. The first-order chi connectivity index (χ1) is 10.5. The molecule has 0 aliphatic carbocycles. The second-order valence-corrected chi connectivity index (χ2v) is 6.25. The Morgan fingerprint density at radius 1 is 1.18 bits per heavy atom. The number of anilines is 1. The third kappa shape index (κ3) is 5.30. The fourth-order valence-corrected chi connectivity index (χ4v) is 2.68. The largest absolute Gasteiger partial charge is 0.369 e. The average Bonchev–Trinajstić information content (AvgIpc) is 2.48. The Morgan fingerprint density at radius 3 is 2.41 bits per heavy atom. The molecule has 0 aromatic heterocycles. The molecule has 1 fully saturated rings. The molecule has 1 amide bonds. The SMILES string of the molecule is CC(C)CC(=O)NCCN1CCN(c2ccc(F)cc2)CC1. The van der Waals surface area contributed by atoms with Crippen LogP contribution in [0.1, 0.15) is 20.3 Å². The summed E-state index contributed by atoms with van der Waals surface area (Å²) in [5.74, 6) is 0.346. The van der Waals surface area contributed by atoms with Gasteiger partial charge in [0.2, 0.25) is 5.91 Å². The Morgan fingerprint density at radius 2 is 1.82 bits per heavy atom. The fourth-order valence-electron chi connectivity index (χ4n) is 2.68. The number of hydrogen-bond donors (Lipinski definition) is 1. The summed E-state index contributed by atoms with van der Waals surface area (Å²) < 4.78 is 12.9. The van der Waals surface area contributed by atoms with Crippen LogP contribution in [0.25, 0.3) is 0 Å². The number of piperazine rings is 1. The van der Waals surface area contributed by atoms with Gasteiger partial charge in [-0.1, -0.05) is 13.8 Å². The van der Waals surface area contributed by atoms with E-state index in [1.807, 2.05) is 26.0 Å². The minimum atomic E-state index is -0.195. The number of benzene rings is 1. The van der Waals surface area contributed by atoms with Crippen molar-refractivity contribution in [2.24, 2.45) is 5.92 Å². The van der Waals surface area contributed by atoms with Gasteiger partial charge in [0.1, 0.15) is 5.82 Å². The summed E-state index contributed by atoms with van der Waals surface area (Å²) >= 11 is 0. The molecule has 0 atom stereocenters. The van der Waals surface area contributed by atoms with Crippen LogP contribution in [-0.2, 0) is 4.79 Å². The van der Waals surface area contributed by atoms with E-state index in [2.05, 4.69) is 15.1 Å². The van der Waals surface area contributed by atoms with Gasteiger partial charge < -0.3 is 10.2 Å². The van der Waals surface area contributed by atoms with Gasteiger partial charge in [0.15, 0.2) is 0 Å². The zero-order chi connectivity index (χ0) is 15.9. The summed E-state index contributed by atoms with van der Waals surface area (Å²) in [5.41, 5.74) is 1.08. The molecule has 2 rings (SSSR count). The Balaban J connectivity index is 1.67. The molecule has 0 unspecified atom stereocenters. The van der Waals surface area contributed by atoms with Crippen LogP contribution in [0.5, 0.6) is 0 Å². The third-order valence-electron chi connectivity index (χ3n) is 3.91. The van der Waals surface area contributed by atoms with Gasteiger partial charge in [0, 0.05) is 51.4 Å². The summed E-state index contributed by atoms with van der Waals surface area (Å²) in [5, 5.41) is 2.97. The van der Waals surface area contributed by atoms with Gasteiger partial charge in [-0.15, -0.1) is 0 Å². The highest BCUT2D eigenvalue weighted by Crippen LogP contribution is 2.16. The maximum Gasteiger partial charge on any atom is 0.220 e. The average molecular weight is 307 g/mol. The summed E-state index contributed by atoms with van der Waals surface area (Å²) in [6.45, 7) is 9.51. The lowest BCUT2D eigenvalue weighted by Gasteiger charge is -2.36. The molecule has 1 aromatic rings. The van der Waals surface area contributed by atoms with E-state index in [0.717, 1.165) is 38.4 Å². The number of halogens is 1. The number of carbonyl (C=O) groups is 1. The van der Waals surface area contributed by atoms with E-state index in [4.69, 9.17) is 0 Å². The Labute approximate surface area is 132 Å². The number of rotatable bonds is 6. The van der Waals surface area contributed by atoms with E-state index in [1.54, 1.807) is 0 Å². The lowest BCUT2D eigenvalue weighted by molar-refractivity contribution is -0.121. The van der Waals surface area contributed by atoms with E-state index in [9.17, 15) is 9.18 Å². The molecule has 22 heavy (non-hydrogen) atoms. The highest BCUT2D eigenvalue weighted by molar-refractivity contribution is 5.76. The van der Waals surface area contributed by atoms with Gasteiger partial charge in [-0.25, -0.2) is 4.39 Å². The molecule has 0 saturated carbocycles. The number of carbonyl (C=O) groups excluding carboxylic acids is 1. The molecule has 4 nitrogen and oxygen atoms in total. The summed E-state index contributed by atoms with van der Waals surface area (Å²) in [6.07, 6.45) is 0.596. The fraction of sp³-hybridized carbons (Fsp3) is 0.588. The lowest BCUT2D eigenvalue weighted by atomic mass is 10.1. The maximum absolute atomic E-state index is 12.9. The van der Waals surface area contributed by atoms with Crippen molar-refractivity contribution < 1.29 is 9.18 Å². The summed E-state index contributed by atoms with van der Waals surface area (Å²) in [4.78, 5) is 16.2. The van der Waals surface area contributed by atoms with Crippen LogP contribution in [0.4, 0.5) is 10.1 Å². The monoisotopic (exact) mass is 307 g/mol. The molecule has 0 radical (unpaired) electrons. The highest BCUT2D eigenvalue weighted by atomic mass is 19.1. The topological polar surface area (TPSA) is 35.6 Å². The van der Waals surface area contributed by atoms with Gasteiger partial charge in [-0.05, 0) is 30.2 Å². The molecule has 1 N–H and O–H groups in total. The van der Waals surface area contributed by atoms with Gasteiger partial charge in [-0.2, -0.15) is 0 Å². The van der Waals surface area contributed by atoms with Crippen LogP contribution in [0.2, 0.25) is 0 Å². The predicted molar refractivity (Wildman–Crippen MR) is 87.5 cm³/mol. The first-order valence-electron chi connectivity index (χ1n) is 8.04. The molecule has 5 heteroatoms. The maximum atomic E-state index is 12.9. The first-order valence-corrected chi connectivity index (χ1v) is 8.04. The molecular formula is C17H26FN3O. The van der Waals surface area contributed by atoms with Crippen LogP contribution in [-0.4, -0.2) is 50.1 Å². The molecule has 1 aromatic carbocycles. The summed E-state index contributed by atoms with van der Waals surface area (Å²) in [7, 11) is 0. The van der Waals surface area contributed by atoms with Crippen molar-refractivity contribution in [3.8, 4) is 0 Å². The van der Waals surface area contributed by atoms with E-state index in [1.165, 1.54) is 12.1 Å². The van der Waals surface area contributed by atoms with E-state index in [-0.39, 0.29) is 11.7 Å². The van der Waals surface area contributed by atoms with Crippen molar-refractivity contribution >= 4 is 11.6 Å². The van der Waals surface area contributed by atoms with Crippen molar-refractivity contribution in [2.75, 3.05) is 44.2 Å². The zero-order valence-electron chi connectivity index (χ0n) is 13.5. The normalized spacial score (nSPS) is 16.1. The number of nitrogens with one attached hydrogen (secondary N) is 1.